The van der Waals surface area contributed by atoms with Crippen LogP contribution in [0.15, 0.2) is 35.2 Å². The van der Waals surface area contributed by atoms with Crippen LogP contribution in [-0.4, -0.2) is 45.6 Å². The van der Waals surface area contributed by atoms with Crippen molar-refractivity contribution in [3.63, 3.8) is 0 Å². The summed E-state index contributed by atoms with van der Waals surface area (Å²) in [4.78, 5) is 12.6. The minimum Gasteiger partial charge on any atom is -0.496 e. The molecule has 158 valence electrons. The van der Waals surface area contributed by atoms with Gasteiger partial charge >= 0.3 is 0 Å². The van der Waals surface area contributed by atoms with Crippen molar-refractivity contribution in [2.45, 2.75) is 31.4 Å². The highest BCUT2D eigenvalue weighted by Gasteiger charge is 2.20. The fraction of sp³-hybridized carbons (Fsp3) is 0.381. The number of thioether (sulfide) groups is 1. The molecule has 0 aliphatic heterocycles. The second-order valence-electron chi connectivity index (χ2n) is 7.06. The lowest BCUT2D eigenvalue weighted by Gasteiger charge is -2.16. The Labute approximate surface area is 177 Å². The first kappa shape index (κ1) is 23.3. The zero-order valence-electron chi connectivity index (χ0n) is 17.7. The van der Waals surface area contributed by atoms with Crippen molar-refractivity contribution in [1.82, 2.24) is 4.31 Å². The van der Waals surface area contributed by atoms with Crippen LogP contribution in [0.25, 0.3) is 0 Å². The van der Waals surface area contributed by atoms with Crippen LogP contribution in [-0.2, 0) is 20.6 Å². The highest BCUT2D eigenvalue weighted by Crippen LogP contribution is 2.27. The molecular weight excluding hydrogens is 408 g/mol. The minimum absolute atomic E-state index is 0.165. The fourth-order valence-corrected chi connectivity index (χ4v) is 4.60. The maximum Gasteiger partial charge on any atom is 0.242 e. The van der Waals surface area contributed by atoms with E-state index in [-0.39, 0.29) is 16.6 Å². The first-order chi connectivity index (χ1) is 13.6. The molecule has 1 amide bonds. The number of sulfonamides is 1. The van der Waals surface area contributed by atoms with Crippen molar-refractivity contribution < 1.29 is 17.9 Å². The summed E-state index contributed by atoms with van der Waals surface area (Å²) in [5, 5.41) is 2.85. The molecule has 2 aromatic carbocycles. The van der Waals surface area contributed by atoms with Crippen LogP contribution in [0, 0.1) is 20.8 Å². The normalized spacial score (nSPS) is 11.6. The van der Waals surface area contributed by atoms with Gasteiger partial charge in [0, 0.05) is 31.1 Å². The fourth-order valence-electron chi connectivity index (χ4n) is 2.78. The summed E-state index contributed by atoms with van der Waals surface area (Å²) in [5.41, 5.74) is 4.35. The van der Waals surface area contributed by atoms with Crippen molar-refractivity contribution in [3.8, 4) is 5.75 Å². The third kappa shape index (κ3) is 5.74. The van der Waals surface area contributed by atoms with E-state index in [1.165, 1.54) is 31.9 Å². The number of amides is 1. The molecule has 0 atom stereocenters. The van der Waals surface area contributed by atoms with Gasteiger partial charge in [0.1, 0.15) is 5.75 Å². The number of benzene rings is 2. The number of aryl methyl sites for hydroxylation is 2. The molecule has 2 aromatic rings. The first-order valence-corrected chi connectivity index (χ1v) is 11.7. The number of carbonyl (C=O) groups is 1. The predicted octanol–water partition coefficient (Wildman–Crippen LogP) is 3.74. The molecule has 0 unspecified atom stereocenters. The Morgan fingerprint density at radius 2 is 1.83 bits per heavy atom. The van der Waals surface area contributed by atoms with Crippen molar-refractivity contribution in [3.05, 3.63) is 52.6 Å². The molecule has 0 spiro atoms. The number of nitrogens with zero attached hydrogens (tertiary/aromatic N) is 1. The van der Waals surface area contributed by atoms with Crippen LogP contribution in [0.1, 0.15) is 22.3 Å². The van der Waals surface area contributed by atoms with Crippen LogP contribution in [0.4, 0.5) is 5.69 Å². The second kappa shape index (κ2) is 9.65. The zero-order valence-corrected chi connectivity index (χ0v) is 19.3. The van der Waals surface area contributed by atoms with Crippen LogP contribution in [0.2, 0.25) is 0 Å². The van der Waals surface area contributed by atoms with Gasteiger partial charge in [-0.25, -0.2) is 12.7 Å². The van der Waals surface area contributed by atoms with Crippen molar-refractivity contribution in [2.75, 3.05) is 32.3 Å². The summed E-state index contributed by atoms with van der Waals surface area (Å²) in [6.07, 6.45) is 0. The van der Waals surface area contributed by atoms with Gasteiger partial charge in [-0.1, -0.05) is 17.7 Å². The lowest BCUT2D eigenvalue weighted by atomic mass is 10.1. The minimum atomic E-state index is -3.58. The Morgan fingerprint density at radius 3 is 2.45 bits per heavy atom. The van der Waals surface area contributed by atoms with Crippen LogP contribution in [0.3, 0.4) is 0 Å². The molecule has 0 radical (unpaired) electrons. The summed E-state index contributed by atoms with van der Waals surface area (Å²) in [6.45, 7) is 5.71. The summed E-state index contributed by atoms with van der Waals surface area (Å²) in [5.74, 6) is 1.52. The van der Waals surface area contributed by atoms with Gasteiger partial charge in [0.25, 0.3) is 0 Å². The molecule has 0 aliphatic carbocycles. The number of methoxy groups -OCH3 is 1. The Balaban J connectivity index is 2.09. The third-order valence-corrected chi connectivity index (χ3v) is 7.39. The zero-order chi connectivity index (χ0) is 21.8. The Kier molecular flexibility index (Phi) is 7.73. The number of carbonyl (C=O) groups excluding carboxylic acids is 1. The number of nitrogens with one attached hydrogen (secondary N) is 1. The molecule has 6 nitrogen and oxygen atoms in total. The maximum absolute atomic E-state index is 12.5. The number of anilines is 1. The quantitative estimate of drug-likeness (QED) is 0.682. The van der Waals surface area contributed by atoms with E-state index in [4.69, 9.17) is 4.74 Å². The molecule has 8 heteroatoms. The summed E-state index contributed by atoms with van der Waals surface area (Å²) >= 11 is 1.48. The van der Waals surface area contributed by atoms with Gasteiger partial charge in [-0.05, 0) is 50.1 Å². The van der Waals surface area contributed by atoms with Crippen molar-refractivity contribution >= 4 is 33.4 Å². The topological polar surface area (TPSA) is 75.7 Å². The van der Waals surface area contributed by atoms with Gasteiger partial charge in [0.05, 0.1) is 17.8 Å². The number of ether oxygens (including phenoxy) is 1. The monoisotopic (exact) mass is 436 g/mol. The van der Waals surface area contributed by atoms with Gasteiger partial charge in [-0.2, -0.15) is 0 Å². The highest BCUT2D eigenvalue weighted by atomic mass is 32.2. The molecule has 0 saturated heterocycles. The van der Waals surface area contributed by atoms with E-state index in [0.717, 1.165) is 32.3 Å². The Bertz CT molecular complexity index is 1000. The van der Waals surface area contributed by atoms with Crippen molar-refractivity contribution in [2.24, 2.45) is 0 Å². The summed E-state index contributed by atoms with van der Waals surface area (Å²) in [7, 11) is 1.02. The Morgan fingerprint density at radius 1 is 1.14 bits per heavy atom. The molecule has 0 bridgehead atoms. The molecule has 29 heavy (non-hydrogen) atoms. The molecule has 2 rings (SSSR count). The van der Waals surface area contributed by atoms with E-state index in [0.29, 0.717) is 11.4 Å². The maximum atomic E-state index is 12.5. The largest absolute Gasteiger partial charge is 0.496 e. The first-order valence-electron chi connectivity index (χ1n) is 9.11. The standard InChI is InChI=1S/C21H28N2O4S2/c1-14-7-8-20(27-6)17(9-14)12-28-13-21(24)22-19-11-18(10-15(2)16(19)3)29(25,26)23(4)5/h7-11H,12-13H2,1-6H3,(H,22,24). The molecule has 0 aliphatic rings. The lowest BCUT2D eigenvalue weighted by Crippen LogP contribution is -2.23. The average Bonchev–Trinajstić information content (AvgIpc) is 2.65. The number of hydrogen-bond acceptors (Lipinski definition) is 5. The molecule has 0 heterocycles. The lowest BCUT2D eigenvalue weighted by molar-refractivity contribution is -0.113. The smallest absolute Gasteiger partial charge is 0.242 e. The van der Waals surface area contributed by atoms with E-state index in [2.05, 4.69) is 5.32 Å². The van der Waals surface area contributed by atoms with Gasteiger partial charge < -0.3 is 10.1 Å². The van der Waals surface area contributed by atoms with Gasteiger partial charge in [-0.15, -0.1) is 11.8 Å². The summed E-state index contributed by atoms with van der Waals surface area (Å²) < 4.78 is 31.4. The van der Waals surface area contributed by atoms with Crippen molar-refractivity contribution in [1.29, 1.82) is 0 Å². The molecule has 0 fully saturated rings. The molecule has 0 saturated carbocycles. The van der Waals surface area contributed by atoms with E-state index < -0.39 is 10.0 Å². The highest BCUT2D eigenvalue weighted by molar-refractivity contribution is 7.99. The number of rotatable bonds is 8. The van der Waals surface area contributed by atoms with Crippen LogP contribution >= 0.6 is 11.8 Å². The Hall–Kier alpha value is -2.03. The molecule has 0 aromatic heterocycles. The SMILES string of the molecule is COc1ccc(C)cc1CSCC(=O)Nc1cc(S(=O)(=O)N(C)C)cc(C)c1C. The third-order valence-electron chi connectivity index (χ3n) is 4.62. The predicted molar refractivity (Wildman–Crippen MR) is 119 cm³/mol. The van der Waals surface area contributed by atoms with Crippen LogP contribution < -0.4 is 10.1 Å². The second-order valence-corrected chi connectivity index (χ2v) is 10.2. The van der Waals surface area contributed by atoms with E-state index in [9.17, 15) is 13.2 Å². The molecule has 1 N–H and O–H groups in total. The van der Waals surface area contributed by atoms with Gasteiger partial charge in [-0.3, -0.25) is 4.79 Å². The number of hydrogen-bond donors (Lipinski definition) is 1. The molecular formula is C21H28N2O4S2. The average molecular weight is 437 g/mol. The van der Waals surface area contributed by atoms with E-state index in [1.54, 1.807) is 13.2 Å². The van der Waals surface area contributed by atoms with Gasteiger partial charge in [0.15, 0.2) is 0 Å². The summed E-state index contributed by atoms with van der Waals surface area (Å²) in [6, 6.07) is 9.10. The van der Waals surface area contributed by atoms with E-state index >= 15 is 0 Å². The van der Waals surface area contributed by atoms with Gasteiger partial charge in [0.2, 0.25) is 15.9 Å². The van der Waals surface area contributed by atoms with Crippen LogP contribution in [0.5, 0.6) is 5.75 Å². The van der Waals surface area contributed by atoms with E-state index in [1.807, 2.05) is 39.0 Å².